The summed E-state index contributed by atoms with van der Waals surface area (Å²) in [6, 6.07) is 9.71. The van der Waals surface area contributed by atoms with E-state index in [1.165, 1.54) is 17.8 Å². The molecule has 0 bridgehead atoms. The van der Waals surface area contributed by atoms with Crippen LogP contribution in [0.5, 0.6) is 6.01 Å². The number of fused-ring (bicyclic) bond motifs is 4. The summed E-state index contributed by atoms with van der Waals surface area (Å²) in [5, 5.41) is 5.50. The van der Waals surface area contributed by atoms with Gasteiger partial charge in [0, 0.05) is 54.0 Å². The van der Waals surface area contributed by atoms with Crippen LogP contribution in [-0.4, -0.2) is 85.5 Å². The number of thioether (sulfide) groups is 1. The van der Waals surface area contributed by atoms with Gasteiger partial charge in [-0.3, -0.25) is 4.90 Å². The fourth-order valence-electron chi connectivity index (χ4n) is 9.40. The van der Waals surface area contributed by atoms with Crippen molar-refractivity contribution in [2.75, 3.05) is 36.9 Å². The number of hydrogen-bond acceptors (Lipinski definition) is 10. The smallest absolute Gasteiger partial charge is 0.433 e. The SMILES string of the molecule is C#Cc1c(F)ccc2cccc(-c3nc4c5c(nc(OC[C@@]67CCCN6[C@H](CSc6cc(C(F)(F)F)ncn6)CC7)nc5c3F)N3CCN[C@@H](C)[C@H]3CCC4)c12. The summed E-state index contributed by atoms with van der Waals surface area (Å²) in [6.45, 7) is 4.64. The molecule has 4 atom stereocenters. The molecule has 9 rings (SSSR count). The average molecular weight is 787 g/mol. The zero-order chi connectivity index (χ0) is 38.8. The number of anilines is 1. The first-order valence-corrected chi connectivity index (χ1v) is 20.0. The van der Waals surface area contributed by atoms with E-state index < -0.39 is 23.5 Å². The maximum Gasteiger partial charge on any atom is 0.433 e. The third-order valence-electron chi connectivity index (χ3n) is 12.1. The largest absolute Gasteiger partial charge is 0.461 e. The van der Waals surface area contributed by atoms with Gasteiger partial charge in [-0.1, -0.05) is 30.2 Å². The van der Waals surface area contributed by atoms with Crippen LogP contribution in [0.25, 0.3) is 32.9 Å². The van der Waals surface area contributed by atoms with Gasteiger partial charge in [-0.05, 0) is 69.9 Å². The first-order valence-electron chi connectivity index (χ1n) is 19.0. The highest BCUT2D eigenvalue weighted by molar-refractivity contribution is 7.99. The zero-order valence-electron chi connectivity index (χ0n) is 30.7. The Morgan fingerprint density at radius 1 is 1.04 bits per heavy atom. The number of rotatable bonds is 7. The number of nitrogens with zero attached hydrogens (tertiary/aromatic N) is 7. The van der Waals surface area contributed by atoms with Crippen LogP contribution in [0.15, 0.2) is 47.8 Å². The number of halogens is 5. The predicted octanol–water partition coefficient (Wildman–Crippen LogP) is 7.58. The van der Waals surface area contributed by atoms with E-state index in [4.69, 9.17) is 26.1 Å². The maximum absolute atomic E-state index is 17.3. The lowest BCUT2D eigenvalue weighted by atomic mass is 9.93. The molecule has 7 heterocycles. The molecule has 0 unspecified atom stereocenters. The summed E-state index contributed by atoms with van der Waals surface area (Å²) in [4.78, 5) is 26.9. The molecule has 0 saturated carbocycles. The van der Waals surface area contributed by atoms with Crippen molar-refractivity contribution in [2.24, 2.45) is 0 Å². The number of alkyl halides is 3. The first kappa shape index (κ1) is 37.0. The summed E-state index contributed by atoms with van der Waals surface area (Å²) in [5.41, 5.74) is -0.0416. The minimum atomic E-state index is -4.54. The lowest BCUT2D eigenvalue weighted by molar-refractivity contribution is -0.141. The highest BCUT2D eigenvalue weighted by atomic mass is 32.2. The molecule has 0 radical (unpaired) electrons. The Hall–Kier alpha value is -4.65. The minimum Gasteiger partial charge on any atom is -0.461 e. The Kier molecular flexibility index (Phi) is 9.49. The van der Waals surface area contributed by atoms with E-state index in [0.717, 1.165) is 64.0 Å². The van der Waals surface area contributed by atoms with Crippen molar-refractivity contribution in [3.8, 4) is 29.6 Å². The summed E-state index contributed by atoms with van der Waals surface area (Å²) in [6.07, 6.45) is 7.97. The van der Waals surface area contributed by atoms with Crippen molar-refractivity contribution in [1.82, 2.24) is 35.1 Å². The fraction of sp³-hybridized carbons (Fsp3) is 0.439. The number of benzene rings is 2. The number of piperazine rings is 1. The molecule has 0 spiro atoms. The van der Waals surface area contributed by atoms with Gasteiger partial charge in [0.1, 0.15) is 46.5 Å². The molecule has 4 aliphatic heterocycles. The molecule has 3 fully saturated rings. The standard InChI is InChI=1S/C41H39F5N8OS/c1-3-26-28(42)12-11-24-7-4-8-27(33(24)26)36-35(43)37-34-29(50-36)9-5-10-30-23(2)47-16-18-53(30)38(34)52-39(51-37)55-21-40-14-6-17-54(40)25(13-15-40)20-56-32-19-31(41(44,45)46)48-22-49-32/h1,4,7-8,11-12,19,22-23,25,30,47H,5-6,9-10,13-18,20-21H2,2H3/t23-,25-,30+,40-/m0/s1. The number of aryl methyl sites for hydroxylation is 1. The number of terminal acetylenes is 1. The van der Waals surface area contributed by atoms with E-state index in [0.29, 0.717) is 52.0 Å². The molecule has 2 aromatic carbocycles. The summed E-state index contributed by atoms with van der Waals surface area (Å²) < 4.78 is 78.8. The van der Waals surface area contributed by atoms with Gasteiger partial charge >= 0.3 is 12.2 Å². The van der Waals surface area contributed by atoms with Gasteiger partial charge in [-0.25, -0.2) is 23.7 Å². The third-order valence-corrected chi connectivity index (χ3v) is 13.1. The van der Waals surface area contributed by atoms with Crippen LogP contribution in [0.4, 0.5) is 27.8 Å². The molecule has 4 aliphatic rings. The van der Waals surface area contributed by atoms with E-state index in [-0.39, 0.29) is 58.1 Å². The number of aromatic nitrogens is 5. The van der Waals surface area contributed by atoms with Crippen LogP contribution in [0.1, 0.15) is 62.4 Å². The van der Waals surface area contributed by atoms with Gasteiger partial charge in [0.2, 0.25) is 0 Å². The van der Waals surface area contributed by atoms with Gasteiger partial charge in [0.25, 0.3) is 0 Å². The van der Waals surface area contributed by atoms with E-state index in [9.17, 15) is 13.2 Å². The van der Waals surface area contributed by atoms with Crippen LogP contribution >= 0.6 is 11.8 Å². The van der Waals surface area contributed by atoms with Crippen LogP contribution in [0.3, 0.4) is 0 Å². The molecule has 56 heavy (non-hydrogen) atoms. The van der Waals surface area contributed by atoms with Crippen LogP contribution in [0, 0.1) is 24.0 Å². The Bertz CT molecular complexity index is 2390. The molecule has 9 nitrogen and oxygen atoms in total. The summed E-state index contributed by atoms with van der Waals surface area (Å²) >= 11 is 1.29. The van der Waals surface area contributed by atoms with Crippen molar-refractivity contribution in [3.05, 3.63) is 71.3 Å². The predicted molar refractivity (Wildman–Crippen MR) is 205 cm³/mol. The van der Waals surface area contributed by atoms with E-state index >= 15 is 8.78 Å². The third kappa shape index (κ3) is 6.39. The quantitative estimate of drug-likeness (QED) is 0.0771. The number of hydrogen-bond donors (Lipinski definition) is 1. The second-order valence-electron chi connectivity index (χ2n) is 15.2. The topological polar surface area (TPSA) is 92.2 Å². The van der Waals surface area contributed by atoms with Crippen LogP contribution < -0.4 is 15.0 Å². The highest BCUT2D eigenvalue weighted by Gasteiger charge is 2.50. The lowest BCUT2D eigenvalue weighted by Crippen LogP contribution is -2.57. The van der Waals surface area contributed by atoms with Gasteiger partial charge in [0.05, 0.1) is 22.2 Å². The van der Waals surface area contributed by atoms with E-state index in [1.54, 1.807) is 18.2 Å². The molecule has 3 saturated heterocycles. The van der Waals surface area contributed by atoms with Crippen LogP contribution in [-0.2, 0) is 12.6 Å². The van der Waals surface area contributed by atoms with Crippen LogP contribution in [0.2, 0.25) is 0 Å². The van der Waals surface area contributed by atoms with Crippen molar-refractivity contribution >= 4 is 39.3 Å². The fourth-order valence-corrected chi connectivity index (χ4v) is 10.4. The zero-order valence-corrected chi connectivity index (χ0v) is 31.5. The van der Waals surface area contributed by atoms with Gasteiger partial charge < -0.3 is 15.0 Å². The van der Waals surface area contributed by atoms with E-state index in [1.807, 2.05) is 6.07 Å². The monoisotopic (exact) mass is 786 g/mol. The van der Waals surface area contributed by atoms with Crippen molar-refractivity contribution < 1.29 is 26.7 Å². The molecule has 290 valence electrons. The van der Waals surface area contributed by atoms with Gasteiger partial charge in [0.15, 0.2) is 5.82 Å². The number of ether oxygens (including phenoxy) is 1. The number of pyridine rings is 1. The molecule has 1 N–H and O–H groups in total. The molecule has 0 aliphatic carbocycles. The minimum absolute atomic E-state index is 0.0452. The Balaban J connectivity index is 1.08. The second kappa shape index (κ2) is 14.4. The average Bonchev–Trinajstić information content (AvgIpc) is 3.76. The first-order chi connectivity index (χ1) is 27.0. The summed E-state index contributed by atoms with van der Waals surface area (Å²) in [7, 11) is 0. The van der Waals surface area contributed by atoms with Gasteiger partial charge in [-0.2, -0.15) is 23.1 Å². The van der Waals surface area contributed by atoms with E-state index in [2.05, 4.69) is 37.9 Å². The number of nitrogens with one attached hydrogen (secondary N) is 1. The highest BCUT2D eigenvalue weighted by Crippen LogP contribution is 2.45. The molecule has 3 aromatic heterocycles. The van der Waals surface area contributed by atoms with Crippen molar-refractivity contribution in [1.29, 1.82) is 0 Å². The normalized spacial score (nSPS) is 23.8. The molecular weight excluding hydrogens is 748 g/mol. The Labute approximate surface area is 324 Å². The lowest BCUT2D eigenvalue weighted by Gasteiger charge is -2.43. The van der Waals surface area contributed by atoms with Crippen molar-refractivity contribution in [3.63, 3.8) is 0 Å². The van der Waals surface area contributed by atoms with Crippen molar-refractivity contribution in [2.45, 2.75) is 86.7 Å². The van der Waals surface area contributed by atoms with Gasteiger partial charge in [-0.15, -0.1) is 18.2 Å². The maximum atomic E-state index is 17.3. The summed E-state index contributed by atoms with van der Waals surface area (Å²) in [5.74, 6) is 2.40. The molecule has 5 aromatic rings. The molecular formula is C41H39F5N8OS. The Morgan fingerprint density at radius 2 is 1.91 bits per heavy atom. The molecule has 15 heteroatoms. The second-order valence-corrected chi connectivity index (χ2v) is 16.2. The Morgan fingerprint density at radius 3 is 2.75 bits per heavy atom. The molecule has 0 amide bonds.